The van der Waals surface area contributed by atoms with Crippen molar-refractivity contribution in [2.75, 3.05) is 6.54 Å². The molecule has 2 heterocycles. The van der Waals surface area contributed by atoms with Crippen LogP contribution in [0.25, 0.3) is 10.9 Å². The molecule has 1 unspecified atom stereocenters. The summed E-state index contributed by atoms with van der Waals surface area (Å²) in [6.07, 6.45) is 5.41. The highest BCUT2D eigenvalue weighted by Crippen LogP contribution is 2.28. The Bertz CT molecular complexity index is 1400. The number of carboxylic acids is 1. The second-order valence-corrected chi connectivity index (χ2v) is 9.87. The van der Waals surface area contributed by atoms with Crippen LogP contribution in [0.15, 0.2) is 72.1 Å². The minimum absolute atomic E-state index is 0.0587. The van der Waals surface area contributed by atoms with Crippen LogP contribution in [-0.2, 0) is 27.9 Å². The third kappa shape index (κ3) is 5.02. The minimum atomic E-state index is -3.86. The zero-order chi connectivity index (χ0) is 24.3. The van der Waals surface area contributed by atoms with E-state index < -0.39 is 27.7 Å². The largest absolute Gasteiger partial charge is 0.481 e. The Labute approximate surface area is 196 Å². The topological polar surface area (TPSA) is 106 Å². The molecule has 8 nitrogen and oxygen atoms in total. The van der Waals surface area contributed by atoms with Crippen LogP contribution in [0.3, 0.4) is 0 Å². The number of hydrogen-bond acceptors (Lipinski definition) is 4. The van der Waals surface area contributed by atoms with Crippen molar-refractivity contribution >= 4 is 26.9 Å². The molecule has 4 aromatic rings. The number of nitrogens with zero attached hydrogens (tertiary/aromatic N) is 3. The number of carbonyl (C=O) groups is 1. The van der Waals surface area contributed by atoms with E-state index >= 15 is 0 Å². The molecule has 0 saturated carbocycles. The molecule has 178 valence electrons. The summed E-state index contributed by atoms with van der Waals surface area (Å²) in [5.41, 5.74) is 2.95. The maximum Gasteiger partial charge on any atom is 0.308 e. The number of aromatic nitrogens is 3. The maximum absolute atomic E-state index is 13.1. The number of rotatable bonds is 10. The van der Waals surface area contributed by atoms with Crippen LogP contribution in [0.5, 0.6) is 0 Å². The van der Waals surface area contributed by atoms with Gasteiger partial charge in [0.15, 0.2) is 0 Å². The molecule has 0 saturated heterocycles. The summed E-state index contributed by atoms with van der Waals surface area (Å²) in [4.78, 5) is 16.1. The third-order valence-corrected chi connectivity index (χ3v) is 7.40. The third-order valence-electron chi connectivity index (χ3n) is 5.92. The fourth-order valence-electron chi connectivity index (χ4n) is 4.08. The van der Waals surface area contributed by atoms with Gasteiger partial charge in [0.1, 0.15) is 5.82 Å². The molecule has 10 heteroatoms. The number of fused-ring (bicyclic) bond motifs is 1. The van der Waals surface area contributed by atoms with Crippen molar-refractivity contribution in [3.05, 3.63) is 84.3 Å². The predicted molar refractivity (Wildman–Crippen MR) is 125 cm³/mol. The smallest absolute Gasteiger partial charge is 0.308 e. The predicted octanol–water partition coefficient (Wildman–Crippen LogP) is 3.40. The first kappa shape index (κ1) is 23.7. The van der Waals surface area contributed by atoms with Crippen molar-refractivity contribution in [3.63, 3.8) is 0 Å². The van der Waals surface area contributed by atoms with E-state index in [1.807, 2.05) is 46.5 Å². The van der Waals surface area contributed by atoms with Crippen molar-refractivity contribution in [1.82, 2.24) is 18.8 Å². The molecule has 1 atom stereocenters. The Morgan fingerprint density at radius 3 is 2.59 bits per heavy atom. The lowest BCUT2D eigenvalue weighted by atomic mass is 10.1. The molecule has 0 aliphatic rings. The minimum Gasteiger partial charge on any atom is -0.481 e. The summed E-state index contributed by atoms with van der Waals surface area (Å²) in [5.74, 6) is -2.35. The van der Waals surface area contributed by atoms with Crippen LogP contribution in [0, 0.1) is 18.7 Å². The Kier molecular flexibility index (Phi) is 6.80. The molecule has 34 heavy (non-hydrogen) atoms. The monoisotopic (exact) mass is 484 g/mol. The second-order valence-electron chi connectivity index (χ2n) is 8.10. The van der Waals surface area contributed by atoms with E-state index in [-0.39, 0.29) is 24.4 Å². The molecular formula is C24H25FN4O4S. The van der Waals surface area contributed by atoms with Gasteiger partial charge in [0.25, 0.3) is 0 Å². The highest BCUT2D eigenvalue weighted by Gasteiger charge is 2.23. The number of nitrogens with one attached hydrogen (secondary N) is 1. The molecule has 0 aliphatic heterocycles. The second kappa shape index (κ2) is 9.78. The van der Waals surface area contributed by atoms with Gasteiger partial charge in [0.05, 0.1) is 23.7 Å². The molecular weight excluding hydrogens is 459 g/mol. The van der Waals surface area contributed by atoms with Crippen molar-refractivity contribution in [2.45, 2.75) is 31.3 Å². The van der Waals surface area contributed by atoms with Gasteiger partial charge in [-0.1, -0.05) is 18.2 Å². The Balaban J connectivity index is 1.53. The normalized spacial score (nSPS) is 12.8. The van der Waals surface area contributed by atoms with Crippen LogP contribution in [0.2, 0.25) is 0 Å². The molecule has 0 radical (unpaired) electrons. The van der Waals surface area contributed by atoms with Crippen molar-refractivity contribution in [1.29, 1.82) is 0 Å². The molecule has 2 N–H and O–H groups in total. The molecule has 0 spiro atoms. The maximum atomic E-state index is 13.1. The number of benzene rings is 2. The lowest BCUT2D eigenvalue weighted by Gasteiger charge is -2.17. The quantitative estimate of drug-likeness (QED) is 0.359. The summed E-state index contributed by atoms with van der Waals surface area (Å²) < 4.78 is 44.3. The first-order valence-electron chi connectivity index (χ1n) is 10.8. The fraction of sp³-hybridized carbons (Fsp3) is 0.250. The van der Waals surface area contributed by atoms with Crippen LogP contribution < -0.4 is 4.72 Å². The SMILES string of the molecule is Cc1c(Cn2ccnc2)c2ccccc2n1CC(CCNS(=O)(=O)c1ccc(F)cc1)C(=O)O. The first-order chi connectivity index (χ1) is 16.3. The van der Waals surface area contributed by atoms with E-state index in [0.29, 0.717) is 6.54 Å². The van der Waals surface area contributed by atoms with Gasteiger partial charge >= 0.3 is 5.97 Å². The zero-order valence-corrected chi connectivity index (χ0v) is 19.4. The molecule has 2 aromatic heterocycles. The summed E-state index contributed by atoms with van der Waals surface area (Å²) in [5, 5.41) is 10.9. The van der Waals surface area contributed by atoms with E-state index in [1.54, 1.807) is 12.5 Å². The Hall–Kier alpha value is -3.50. The van der Waals surface area contributed by atoms with E-state index in [0.717, 1.165) is 34.3 Å². The average Bonchev–Trinajstić information content (AvgIpc) is 3.41. The van der Waals surface area contributed by atoms with Crippen LogP contribution >= 0.6 is 0 Å². The molecule has 0 aliphatic carbocycles. The van der Waals surface area contributed by atoms with Gasteiger partial charge in [0.2, 0.25) is 10.0 Å². The van der Waals surface area contributed by atoms with E-state index in [2.05, 4.69) is 9.71 Å². The molecule has 0 fully saturated rings. The summed E-state index contributed by atoms with van der Waals surface area (Å²) in [6, 6.07) is 12.3. The summed E-state index contributed by atoms with van der Waals surface area (Å²) in [6.45, 7) is 2.71. The number of carboxylic acid groups (broad SMARTS) is 1. The lowest BCUT2D eigenvalue weighted by Crippen LogP contribution is -2.29. The summed E-state index contributed by atoms with van der Waals surface area (Å²) >= 11 is 0. The van der Waals surface area contributed by atoms with Crippen molar-refractivity contribution in [3.8, 4) is 0 Å². The van der Waals surface area contributed by atoms with Crippen molar-refractivity contribution < 1.29 is 22.7 Å². The van der Waals surface area contributed by atoms with Crippen LogP contribution in [-0.4, -0.2) is 40.2 Å². The Morgan fingerprint density at radius 1 is 1.18 bits per heavy atom. The van der Waals surface area contributed by atoms with Crippen LogP contribution in [0.1, 0.15) is 17.7 Å². The van der Waals surface area contributed by atoms with E-state index in [4.69, 9.17) is 0 Å². The Morgan fingerprint density at radius 2 is 1.91 bits per heavy atom. The van der Waals surface area contributed by atoms with Gasteiger partial charge in [-0.2, -0.15) is 0 Å². The zero-order valence-electron chi connectivity index (χ0n) is 18.6. The highest BCUT2D eigenvalue weighted by atomic mass is 32.2. The van der Waals surface area contributed by atoms with Crippen LogP contribution in [0.4, 0.5) is 4.39 Å². The number of para-hydroxylation sites is 1. The van der Waals surface area contributed by atoms with E-state index in [9.17, 15) is 22.7 Å². The number of halogens is 1. The van der Waals surface area contributed by atoms with Gasteiger partial charge < -0.3 is 14.2 Å². The molecule has 2 aromatic carbocycles. The number of sulfonamides is 1. The average molecular weight is 485 g/mol. The molecule has 0 bridgehead atoms. The van der Waals surface area contributed by atoms with Gasteiger partial charge in [-0.3, -0.25) is 4.79 Å². The standard InChI is InChI=1S/C24H25FN4O4S/c1-17-22(15-28-13-12-26-16-28)21-4-2-3-5-23(21)29(17)14-18(24(30)31)10-11-27-34(32,33)20-8-6-19(25)7-9-20/h2-9,12-13,16,18,27H,10-11,14-15H2,1H3,(H,30,31). The van der Waals surface area contributed by atoms with Gasteiger partial charge in [0, 0.05) is 47.6 Å². The summed E-state index contributed by atoms with van der Waals surface area (Å²) in [7, 11) is -3.86. The van der Waals surface area contributed by atoms with Gasteiger partial charge in [-0.25, -0.2) is 22.5 Å². The lowest BCUT2D eigenvalue weighted by molar-refractivity contribution is -0.142. The van der Waals surface area contributed by atoms with Gasteiger partial charge in [-0.05, 0) is 43.7 Å². The molecule has 0 amide bonds. The molecule has 4 rings (SSSR count). The number of imidazole rings is 1. The fourth-order valence-corrected chi connectivity index (χ4v) is 5.13. The van der Waals surface area contributed by atoms with Crippen molar-refractivity contribution in [2.24, 2.45) is 5.92 Å². The first-order valence-corrected chi connectivity index (χ1v) is 12.2. The van der Waals surface area contributed by atoms with Gasteiger partial charge in [-0.15, -0.1) is 0 Å². The highest BCUT2D eigenvalue weighted by molar-refractivity contribution is 7.89. The van der Waals surface area contributed by atoms with E-state index in [1.165, 1.54) is 12.1 Å². The number of hydrogen-bond donors (Lipinski definition) is 2. The number of aliphatic carboxylic acids is 1.